The Labute approximate surface area is 135 Å². The highest BCUT2D eigenvalue weighted by Gasteiger charge is 2.19. The highest BCUT2D eigenvalue weighted by molar-refractivity contribution is 9.10. The Morgan fingerprint density at radius 2 is 2.05 bits per heavy atom. The molecule has 1 fully saturated rings. The lowest BCUT2D eigenvalue weighted by atomic mass is 10.1. The number of benzene rings is 1. The first-order valence-electron chi connectivity index (χ1n) is 7.50. The van der Waals surface area contributed by atoms with E-state index < -0.39 is 0 Å². The van der Waals surface area contributed by atoms with Crippen LogP contribution >= 0.6 is 15.9 Å². The first-order chi connectivity index (χ1) is 10.2. The molecule has 1 aromatic rings. The number of hydrogen-bond acceptors (Lipinski definition) is 4. The van der Waals surface area contributed by atoms with E-state index in [-0.39, 0.29) is 0 Å². The second-order valence-corrected chi connectivity index (χ2v) is 6.22. The number of nitrogens with zero attached hydrogens (tertiary/aromatic N) is 1. The van der Waals surface area contributed by atoms with E-state index >= 15 is 0 Å². The maximum absolute atomic E-state index is 5.43. The van der Waals surface area contributed by atoms with E-state index in [1.807, 2.05) is 7.11 Å². The first-order valence-corrected chi connectivity index (χ1v) is 8.29. The van der Waals surface area contributed by atoms with Crippen molar-refractivity contribution in [2.24, 2.45) is 0 Å². The molecule has 2 rings (SSSR count). The fourth-order valence-corrected chi connectivity index (χ4v) is 3.13. The number of anilines is 1. The van der Waals surface area contributed by atoms with Gasteiger partial charge in [-0.3, -0.25) is 0 Å². The Morgan fingerprint density at radius 3 is 2.67 bits per heavy atom. The second kappa shape index (κ2) is 8.73. The minimum absolute atomic E-state index is 0.425. The molecule has 118 valence electrons. The van der Waals surface area contributed by atoms with Crippen LogP contribution in [0.25, 0.3) is 0 Å². The van der Waals surface area contributed by atoms with E-state index in [4.69, 9.17) is 9.47 Å². The van der Waals surface area contributed by atoms with E-state index in [1.165, 1.54) is 15.7 Å². The van der Waals surface area contributed by atoms with Crippen molar-refractivity contribution in [1.29, 1.82) is 0 Å². The molecule has 0 unspecified atom stereocenters. The summed E-state index contributed by atoms with van der Waals surface area (Å²) in [7, 11) is 3.53. The van der Waals surface area contributed by atoms with Gasteiger partial charge in [-0.1, -0.05) is 22.0 Å². The molecule has 0 amide bonds. The quantitative estimate of drug-likeness (QED) is 0.761. The van der Waals surface area contributed by atoms with E-state index in [0.717, 1.165) is 45.6 Å². The van der Waals surface area contributed by atoms with E-state index in [1.54, 1.807) is 7.11 Å². The van der Waals surface area contributed by atoms with Crippen molar-refractivity contribution in [1.82, 2.24) is 5.32 Å². The molecule has 0 aromatic heterocycles. The van der Waals surface area contributed by atoms with Crippen molar-refractivity contribution in [3.63, 3.8) is 0 Å². The summed E-state index contributed by atoms with van der Waals surface area (Å²) in [5.74, 6) is 0. The highest BCUT2D eigenvalue weighted by atomic mass is 79.9. The number of hydrogen-bond donors (Lipinski definition) is 1. The summed E-state index contributed by atoms with van der Waals surface area (Å²) in [6, 6.07) is 6.63. The van der Waals surface area contributed by atoms with Crippen LogP contribution in [0.1, 0.15) is 18.4 Å². The largest absolute Gasteiger partial charge is 0.383 e. The van der Waals surface area contributed by atoms with Gasteiger partial charge in [0.25, 0.3) is 0 Å². The van der Waals surface area contributed by atoms with Crippen molar-refractivity contribution in [3.8, 4) is 0 Å². The average molecular weight is 357 g/mol. The number of rotatable bonds is 7. The van der Waals surface area contributed by atoms with E-state index in [0.29, 0.717) is 6.10 Å². The molecular formula is C16H25BrN2O2. The van der Waals surface area contributed by atoms with Crippen molar-refractivity contribution in [2.75, 3.05) is 45.4 Å². The molecule has 0 bridgehead atoms. The summed E-state index contributed by atoms with van der Waals surface area (Å²) in [5, 5.41) is 3.37. The van der Waals surface area contributed by atoms with Gasteiger partial charge in [0.2, 0.25) is 0 Å². The Kier molecular flexibility index (Phi) is 6.96. The van der Waals surface area contributed by atoms with Gasteiger partial charge in [-0.25, -0.2) is 0 Å². The van der Waals surface area contributed by atoms with Crippen molar-refractivity contribution < 1.29 is 9.47 Å². The molecule has 1 aliphatic rings. The van der Waals surface area contributed by atoms with Crippen molar-refractivity contribution >= 4 is 21.6 Å². The van der Waals surface area contributed by atoms with Crippen LogP contribution in [0.5, 0.6) is 0 Å². The van der Waals surface area contributed by atoms with Gasteiger partial charge >= 0.3 is 0 Å². The Balaban J connectivity index is 1.89. The van der Waals surface area contributed by atoms with Crippen molar-refractivity contribution in [2.45, 2.75) is 25.5 Å². The summed E-state index contributed by atoms with van der Waals surface area (Å²) in [4.78, 5) is 2.43. The number of piperidine rings is 1. The van der Waals surface area contributed by atoms with Crippen LogP contribution in [0.15, 0.2) is 22.7 Å². The lowest BCUT2D eigenvalue weighted by molar-refractivity contribution is 0.0819. The third kappa shape index (κ3) is 4.95. The molecule has 21 heavy (non-hydrogen) atoms. The molecule has 0 atom stereocenters. The number of methoxy groups -OCH3 is 2. The predicted octanol–water partition coefficient (Wildman–Crippen LogP) is 2.80. The van der Waals surface area contributed by atoms with Gasteiger partial charge in [-0.05, 0) is 30.5 Å². The van der Waals surface area contributed by atoms with Crippen LogP contribution in [-0.2, 0) is 16.0 Å². The molecule has 0 aliphatic carbocycles. The van der Waals surface area contributed by atoms with Gasteiger partial charge in [-0.15, -0.1) is 0 Å². The molecular weight excluding hydrogens is 332 g/mol. The zero-order valence-corrected chi connectivity index (χ0v) is 14.5. The smallest absolute Gasteiger partial charge is 0.0605 e. The first kappa shape index (κ1) is 16.7. The molecule has 1 N–H and O–H groups in total. The highest BCUT2D eigenvalue weighted by Crippen LogP contribution is 2.27. The minimum Gasteiger partial charge on any atom is -0.383 e. The third-order valence-corrected chi connectivity index (χ3v) is 4.71. The molecule has 0 spiro atoms. The SMILES string of the molecule is COCCNCc1ccc(N2CCC(OC)CC2)cc1Br. The lowest BCUT2D eigenvalue weighted by Crippen LogP contribution is -2.36. The normalized spacial score (nSPS) is 16.4. The summed E-state index contributed by atoms with van der Waals surface area (Å²) in [6.45, 7) is 4.60. The molecule has 1 aromatic carbocycles. The van der Waals surface area contributed by atoms with Crippen LogP contribution < -0.4 is 10.2 Å². The van der Waals surface area contributed by atoms with E-state index in [9.17, 15) is 0 Å². The van der Waals surface area contributed by atoms with Gasteiger partial charge in [0, 0.05) is 50.6 Å². The average Bonchev–Trinajstić information content (AvgIpc) is 2.53. The second-order valence-electron chi connectivity index (χ2n) is 5.37. The zero-order chi connectivity index (χ0) is 15.1. The molecule has 4 nitrogen and oxygen atoms in total. The Bertz CT molecular complexity index is 434. The standard InChI is InChI=1S/C16H25BrN2O2/c1-20-10-7-18-12-13-3-4-14(11-16(13)17)19-8-5-15(21-2)6-9-19/h3-4,11,15,18H,5-10,12H2,1-2H3. The number of ether oxygens (including phenoxy) is 2. The lowest BCUT2D eigenvalue weighted by Gasteiger charge is -2.33. The fraction of sp³-hybridized carbons (Fsp3) is 0.625. The Morgan fingerprint density at radius 1 is 1.29 bits per heavy atom. The zero-order valence-electron chi connectivity index (χ0n) is 12.9. The van der Waals surface area contributed by atoms with E-state index in [2.05, 4.69) is 44.3 Å². The molecule has 5 heteroatoms. The maximum Gasteiger partial charge on any atom is 0.0605 e. The number of nitrogens with one attached hydrogen (secondary N) is 1. The predicted molar refractivity (Wildman–Crippen MR) is 90.0 cm³/mol. The minimum atomic E-state index is 0.425. The third-order valence-electron chi connectivity index (χ3n) is 3.98. The van der Waals surface area contributed by atoms with Gasteiger partial charge in [-0.2, -0.15) is 0 Å². The van der Waals surface area contributed by atoms with Crippen LogP contribution in [0.4, 0.5) is 5.69 Å². The molecule has 1 heterocycles. The Hall–Kier alpha value is -0.620. The van der Waals surface area contributed by atoms with Crippen molar-refractivity contribution in [3.05, 3.63) is 28.2 Å². The molecule has 0 radical (unpaired) electrons. The monoisotopic (exact) mass is 356 g/mol. The van der Waals surface area contributed by atoms with Crippen LogP contribution in [0.3, 0.4) is 0 Å². The van der Waals surface area contributed by atoms with Gasteiger partial charge < -0.3 is 19.7 Å². The van der Waals surface area contributed by atoms with Gasteiger partial charge in [0.05, 0.1) is 12.7 Å². The molecule has 1 aliphatic heterocycles. The molecule has 1 saturated heterocycles. The fourth-order valence-electron chi connectivity index (χ4n) is 2.62. The number of halogens is 1. The summed E-state index contributed by atoms with van der Waals surface area (Å²) in [6.07, 6.45) is 2.64. The summed E-state index contributed by atoms with van der Waals surface area (Å²) < 4.78 is 11.6. The summed E-state index contributed by atoms with van der Waals surface area (Å²) in [5.41, 5.74) is 2.57. The molecule has 0 saturated carbocycles. The summed E-state index contributed by atoms with van der Waals surface area (Å²) >= 11 is 3.69. The maximum atomic E-state index is 5.43. The van der Waals surface area contributed by atoms with Crippen LogP contribution in [0.2, 0.25) is 0 Å². The van der Waals surface area contributed by atoms with Gasteiger partial charge in [0.15, 0.2) is 0 Å². The van der Waals surface area contributed by atoms with Crippen LogP contribution in [-0.4, -0.2) is 46.6 Å². The van der Waals surface area contributed by atoms with Crippen LogP contribution in [0, 0.1) is 0 Å². The topological polar surface area (TPSA) is 33.7 Å². The van der Waals surface area contributed by atoms with Gasteiger partial charge in [0.1, 0.15) is 0 Å².